The van der Waals surface area contributed by atoms with Crippen LogP contribution in [0.1, 0.15) is 10.8 Å². The number of benzene rings is 1. The van der Waals surface area contributed by atoms with Gasteiger partial charge in [-0.05, 0) is 11.6 Å². The Hall–Kier alpha value is -1.61. The number of fused-ring (bicyclic) bond motifs is 1. The predicted molar refractivity (Wildman–Crippen MR) is 72.4 cm³/mol. The highest BCUT2D eigenvalue weighted by atomic mass is 32.2. The van der Waals surface area contributed by atoms with Crippen molar-refractivity contribution in [2.45, 2.75) is 10.1 Å². The summed E-state index contributed by atoms with van der Waals surface area (Å²) >= 11 is 1.15. The smallest absolute Gasteiger partial charge is 0.315 e. The molecule has 0 aliphatic carbocycles. The number of carbonyl (C=O) groups excluding carboxylic acids is 1. The lowest BCUT2D eigenvalue weighted by molar-refractivity contribution is -0.385. The van der Waals surface area contributed by atoms with Gasteiger partial charge in [-0.3, -0.25) is 14.9 Å². The van der Waals surface area contributed by atoms with Gasteiger partial charge in [0.1, 0.15) is 0 Å². The Morgan fingerprint density at radius 1 is 1.55 bits per heavy atom. The number of nitrogens with zero attached hydrogens (tertiary/aromatic N) is 1. The van der Waals surface area contributed by atoms with Gasteiger partial charge in [0.25, 0.3) is 5.69 Å². The third kappa shape index (κ3) is 2.78. The largest absolute Gasteiger partial charge is 0.468 e. The molecule has 0 saturated heterocycles. The number of hydrogen-bond donors (Lipinski definition) is 0. The third-order valence-electron chi connectivity index (χ3n) is 2.89. The fraction of sp³-hybridized carbons (Fsp3) is 0.364. The van der Waals surface area contributed by atoms with Gasteiger partial charge in [0.15, 0.2) is 9.84 Å². The summed E-state index contributed by atoms with van der Waals surface area (Å²) in [6.07, 6.45) is 0. The van der Waals surface area contributed by atoms with Gasteiger partial charge in [-0.15, -0.1) is 11.8 Å². The number of ether oxygens (including phenoxy) is 1. The molecule has 0 saturated carbocycles. The second-order valence-corrected chi connectivity index (χ2v) is 7.33. The summed E-state index contributed by atoms with van der Waals surface area (Å²) in [5.41, 5.74) is 0.246. The van der Waals surface area contributed by atoms with Crippen molar-refractivity contribution in [1.82, 2.24) is 0 Å². The Labute approximate surface area is 119 Å². The van der Waals surface area contributed by atoms with Crippen LogP contribution in [0, 0.1) is 10.1 Å². The van der Waals surface area contributed by atoms with Crippen molar-refractivity contribution in [3.8, 4) is 0 Å². The maximum Gasteiger partial charge on any atom is 0.315 e. The number of non-ortho nitro benzene ring substituents is 1. The fourth-order valence-corrected chi connectivity index (χ4v) is 5.38. The van der Waals surface area contributed by atoms with E-state index in [1.54, 1.807) is 0 Å². The molecule has 7 nitrogen and oxygen atoms in total. The molecule has 1 aromatic rings. The maximum absolute atomic E-state index is 12.0. The minimum atomic E-state index is -3.54. The van der Waals surface area contributed by atoms with Crippen molar-refractivity contribution in [2.75, 3.05) is 18.6 Å². The van der Waals surface area contributed by atoms with Crippen molar-refractivity contribution < 1.29 is 22.9 Å². The Kier molecular flexibility index (Phi) is 4.00. The van der Waals surface area contributed by atoms with Crippen molar-refractivity contribution in [3.05, 3.63) is 33.9 Å². The lowest BCUT2D eigenvalue weighted by Crippen LogP contribution is -2.07. The molecule has 9 heteroatoms. The number of esters is 1. The van der Waals surface area contributed by atoms with Gasteiger partial charge < -0.3 is 4.74 Å². The van der Waals surface area contributed by atoms with Gasteiger partial charge in [0, 0.05) is 17.4 Å². The van der Waals surface area contributed by atoms with Crippen LogP contribution in [0.5, 0.6) is 0 Å². The van der Waals surface area contributed by atoms with Gasteiger partial charge in [-0.1, -0.05) is 0 Å². The molecule has 2 rings (SSSR count). The monoisotopic (exact) mass is 317 g/mol. The van der Waals surface area contributed by atoms with E-state index in [0.717, 1.165) is 17.8 Å². The average molecular weight is 317 g/mol. The quantitative estimate of drug-likeness (QED) is 0.468. The van der Waals surface area contributed by atoms with E-state index in [4.69, 9.17) is 0 Å². The summed E-state index contributed by atoms with van der Waals surface area (Å²) in [6.45, 7) is 0. The Balaban J connectivity index is 2.32. The van der Waals surface area contributed by atoms with Crippen LogP contribution >= 0.6 is 11.8 Å². The molecule has 0 N–H and O–H groups in total. The number of hydrogen-bond acceptors (Lipinski definition) is 7. The van der Waals surface area contributed by atoms with E-state index >= 15 is 0 Å². The fourth-order valence-electron chi connectivity index (χ4n) is 1.92. The van der Waals surface area contributed by atoms with Crippen LogP contribution in [0.4, 0.5) is 5.69 Å². The van der Waals surface area contributed by atoms with E-state index in [1.165, 1.54) is 19.2 Å². The standard InChI is InChI=1S/C11H11NO6S2/c1-18-11(13)5-19-9-6-20(16,17)10-4-7(12(14)15)2-3-8(9)10/h2-4,9H,5-6H2,1H3. The van der Waals surface area contributed by atoms with E-state index in [2.05, 4.69) is 4.74 Å². The topological polar surface area (TPSA) is 104 Å². The summed E-state index contributed by atoms with van der Waals surface area (Å²) in [4.78, 5) is 21.1. The first-order valence-corrected chi connectivity index (χ1v) is 8.25. The first kappa shape index (κ1) is 14.8. The van der Waals surface area contributed by atoms with E-state index in [9.17, 15) is 23.3 Å². The molecule has 1 unspecified atom stereocenters. The summed E-state index contributed by atoms with van der Waals surface area (Å²) in [5, 5.41) is 10.3. The molecule has 0 fully saturated rings. The zero-order valence-electron chi connectivity index (χ0n) is 10.4. The highest BCUT2D eigenvalue weighted by molar-refractivity contribution is 8.02. The SMILES string of the molecule is COC(=O)CSC1CS(=O)(=O)c2cc([N+](=O)[O-])ccc21. The van der Waals surface area contributed by atoms with Crippen LogP contribution in [0.3, 0.4) is 0 Å². The molecule has 1 aliphatic heterocycles. The molecule has 0 radical (unpaired) electrons. The normalized spacial score (nSPS) is 19.4. The van der Waals surface area contributed by atoms with Crippen LogP contribution in [-0.2, 0) is 19.4 Å². The Morgan fingerprint density at radius 3 is 2.85 bits per heavy atom. The molecule has 20 heavy (non-hydrogen) atoms. The molecule has 108 valence electrons. The van der Waals surface area contributed by atoms with Crippen molar-refractivity contribution in [2.24, 2.45) is 0 Å². The van der Waals surface area contributed by atoms with Gasteiger partial charge in [-0.25, -0.2) is 8.42 Å². The minimum Gasteiger partial charge on any atom is -0.468 e. The maximum atomic E-state index is 12.0. The van der Waals surface area contributed by atoms with Gasteiger partial charge >= 0.3 is 5.97 Å². The highest BCUT2D eigenvalue weighted by Gasteiger charge is 2.36. The van der Waals surface area contributed by atoms with Crippen molar-refractivity contribution >= 4 is 33.3 Å². The summed E-state index contributed by atoms with van der Waals surface area (Å²) in [7, 11) is -2.29. The summed E-state index contributed by atoms with van der Waals surface area (Å²) < 4.78 is 28.5. The number of rotatable bonds is 4. The predicted octanol–water partition coefficient (Wildman–Crippen LogP) is 1.33. The molecule has 0 spiro atoms. The number of nitro groups is 1. The molecule has 0 aromatic heterocycles. The van der Waals surface area contributed by atoms with Crippen molar-refractivity contribution in [1.29, 1.82) is 0 Å². The molecule has 0 bridgehead atoms. The molecule has 1 heterocycles. The van der Waals surface area contributed by atoms with E-state index in [-0.39, 0.29) is 22.1 Å². The van der Waals surface area contributed by atoms with Gasteiger partial charge in [-0.2, -0.15) is 0 Å². The number of thioether (sulfide) groups is 1. The number of methoxy groups -OCH3 is 1. The van der Waals surface area contributed by atoms with Crippen LogP contribution < -0.4 is 0 Å². The Morgan fingerprint density at radius 2 is 2.25 bits per heavy atom. The second-order valence-electron chi connectivity index (χ2n) is 4.14. The Bertz CT molecular complexity index is 669. The van der Waals surface area contributed by atoms with Crippen LogP contribution in [0.15, 0.2) is 23.1 Å². The lowest BCUT2D eigenvalue weighted by atomic mass is 10.1. The summed E-state index contributed by atoms with van der Waals surface area (Å²) in [5.74, 6) is -0.569. The van der Waals surface area contributed by atoms with Crippen LogP contribution in [0.25, 0.3) is 0 Å². The molecule has 1 atom stereocenters. The molecular formula is C11H11NO6S2. The van der Waals surface area contributed by atoms with Crippen LogP contribution in [0.2, 0.25) is 0 Å². The van der Waals surface area contributed by atoms with Crippen LogP contribution in [-0.4, -0.2) is 37.9 Å². The molecular weight excluding hydrogens is 306 g/mol. The molecule has 1 aromatic carbocycles. The first-order valence-electron chi connectivity index (χ1n) is 5.54. The number of sulfone groups is 1. The highest BCUT2D eigenvalue weighted by Crippen LogP contribution is 2.43. The zero-order chi connectivity index (χ0) is 14.9. The van der Waals surface area contributed by atoms with Crippen molar-refractivity contribution in [3.63, 3.8) is 0 Å². The van der Waals surface area contributed by atoms with E-state index in [1.807, 2.05) is 0 Å². The minimum absolute atomic E-state index is 0.0194. The summed E-state index contributed by atoms with van der Waals surface area (Å²) in [6, 6.07) is 3.78. The lowest BCUT2D eigenvalue weighted by Gasteiger charge is -2.08. The average Bonchev–Trinajstić information content (AvgIpc) is 2.67. The zero-order valence-corrected chi connectivity index (χ0v) is 12.1. The van der Waals surface area contributed by atoms with E-state index in [0.29, 0.717) is 5.56 Å². The molecule has 1 aliphatic rings. The van der Waals surface area contributed by atoms with E-state index < -0.39 is 26.0 Å². The number of nitro benzene ring substituents is 1. The van der Waals surface area contributed by atoms with Gasteiger partial charge in [0.05, 0.1) is 28.4 Å². The van der Waals surface area contributed by atoms with Gasteiger partial charge in [0.2, 0.25) is 0 Å². The second kappa shape index (κ2) is 5.41. The molecule has 0 amide bonds. The third-order valence-corrected chi connectivity index (χ3v) is 6.12. The first-order chi connectivity index (χ1) is 9.35. The number of carbonyl (C=O) groups is 1.